The molecule has 1 aliphatic rings. The zero-order valence-corrected chi connectivity index (χ0v) is 11.5. The van der Waals surface area contributed by atoms with Crippen molar-refractivity contribution < 1.29 is 14.7 Å². The number of nitrogens with one attached hydrogen (secondary N) is 1. The van der Waals surface area contributed by atoms with E-state index in [4.69, 9.17) is 0 Å². The topological polar surface area (TPSA) is 88.4 Å². The summed E-state index contributed by atoms with van der Waals surface area (Å²) in [6.45, 7) is 1.62. The van der Waals surface area contributed by atoms with Crippen molar-refractivity contribution in [3.8, 4) is 0 Å². The molecule has 1 aromatic rings. The molecule has 0 unspecified atom stereocenters. The summed E-state index contributed by atoms with van der Waals surface area (Å²) >= 11 is 1.03. The van der Waals surface area contributed by atoms with E-state index in [-0.39, 0.29) is 11.4 Å². The molecule has 7 heteroatoms. The van der Waals surface area contributed by atoms with Crippen LogP contribution in [0, 0.1) is 6.92 Å². The highest BCUT2D eigenvalue weighted by atomic mass is 32.1. The zero-order chi connectivity index (χ0) is 14.0. The van der Waals surface area contributed by atoms with Gasteiger partial charge < -0.3 is 10.4 Å². The van der Waals surface area contributed by atoms with Gasteiger partial charge in [-0.1, -0.05) is 24.2 Å². The molecular weight excluding hydrogens is 268 g/mol. The van der Waals surface area contributed by atoms with E-state index < -0.39 is 17.4 Å². The summed E-state index contributed by atoms with van der Waals surface area (Å²) < 4.78 is 1.35. The molecule has 1 aliphatic carbocycles. The first-order chi connectivity index (χ1) is 8.94. The summed E-state index contributed by atoms with van der Waals surface area (Å²) in [6, 6.07) is 0. The lowest BCUT2D eigenvalue weighted by Gasteiger charge is -2.25. The number of aryl methyl sites for hydroxylation is 1. The predicted octanol–water partition coefficient (Wildman–Crippen LogP) is 0.732. The Kier molecular flexibility index (Phi) is 3.75. The normalized spacial score (nSPS) is 17.3. The minimum absolute atomic E-state index is 0.122. The molecule has 2 N–H and O–H groups in total. The van der Waals surface area contributed by atoms with Crippen LogP contribution in [0.15, 0.2) is 10.2 Å². The number of hydrogen-bond acceptors (Lipinski definition) is 4. The van der Waals surface area contributed by atoms with Gasteiger partial charge in [-0.25, -0.2) is 4.79 Å². The van der Waals surface area contributed by atoms with Gasteiger partial charge in [-0.3, -0.25) is 14.2 Å². The van der Waals surface area contributed by atoms with Crippen molar-refractivity contribution >= 4 is 23.2 Å². The van der Waals surface area contributed by atoms with Gasteiger partial charge >= 0.3 is 10.8 Å². The standard InChI is InChI=1S/C12H16N2O4S/c1-8-7-19-11(18)14(8)6-9(15)13-12(10(16)17)4-2-3-5-12/h7H,2-6H2,1H3,(H,13,15)(H,16,17). The Morgan fingerprint density at radius 3 is 2.58 bits per heavy atom. The number of aromatic nitrogens is 1. The molecule has 0 bridgehead atoms. The smallest absolute Gasteiger partial charge is 0.329 e. The number of carboxylic acids is 1. The van der Waals surface area contributed by atoms with Crippen molar-refractivity contribution in [2.45, 2.75) is 44.7 Å². The number of carbonyl (C=O) groups is 2. The Balaban J connectivity index is 2.09. The lowest BCUT2D eigenvalue weighted by Crippen LogP contribution is -2.53. The van der Waals surface area contributed by atoms with Gasteiger partial charge in [-0.15, -0.1) is 0 Å². The third-order valence-electron chi connectivity index (χ3n) is 3.52. The molecule has 104 valence electrons. The van der Waals surface area contributed by atoms with E-state index in [1.807, 2.05) is 0 Å². The maximum atomic E-state index is 12.0. The van der Waals surface area contributed by atoms with Crippen molar-refractivity contribution in [2.24, 2.45) is 0 Å². The summed E-state index contributed by atoms with van der Waals surface area (Å²) in [4.78, 5) is 34.6. The van der Waals surface area contributed by atoms with Crippen LogP contribution in [0.4, 0.5) is 0 Å². The van der Waals surface area contributed by atoms with E-state index in [0.717, 1.165) is 24.2 Å². The fraction of sp³-hybridized carbons (Fsp3) is 0.583. The number of nitrogens with zero attached hydrogens (tertiary/aromatic N) is 1. The maximum absolute atomic E-state index is 12.0. The lowest BCUT2D eigenvalue weighted by molar-refractivity contribution is -0.147. The quantitative estimate of drug-likeness (QED) is 0.853. The van der Waals surface area contributed by atoms with E-state index in [2.05, 4.69) is 5.32 Å². The van der Waals surface area contributed by atoms with Crippen LogP contribution < -0.4 is 10.2 Å². The molecule has 1 fully saturated rings. The molecule has 1 aromatic heterocycles. The second kappa shape index (κ2) is 5.16. The molecule has 6 nitrogen and oxygen atoms in total. The van der Waals surface area contributed by atoms with Gasteiger partial charge in [0, 0.05) is 11.1 Å². The average molecular weight is 284 g/mol. The summed E-state index contributed by atoms with van der Waals surface area (Å²) in [5, 5.41) is 13.5. The van der Waals surface area contributed by atoms with Gasteiger partial charge in [-0.05, 0) is 19.8 Å². The summed E-state index contributed by atoms with van der Waals surface area (Å²) in [5.41, 5.74) is -0.439. The van der Waals surface area contributed by atoms with Crippen LogP contribution in [0.5, 0.6) is 0 Å². The Labute approximate surface area is 114 Å². The van der Waals surface area contributed by atoms with Gasteiger partial charge in [0.2, 0.25) is 5.91 Å². The van der Waals surface area contributed by atoms with Crippen molar-refractivity contribution in [3.05, 3.63) is 20.7 Å². The van der Waals surface area contributed by atoms with Crippen LogP contribution in [0.3, 0.4) is 0 Å². The Morgan fingerprint density at radius 1 is 1.47 bits per heavy atom. The summed E-state index contributed by atoms with van der Waals surface area (Å²) in [7, 11) is 0. The fourth-order valence-corrected chi connectivity index (χ4v) is 3.15. The average Bonchev–Trinajstić information content (AvgIpc) is 2.92. The molecule has 0 radical (unpaired) electrons. The lowest BCUT2D eigenvalue weighted by atomic mass is 9.98. The number of carboxylic acid groups (broad SMARTS) is 1. The van der Waals surface area contributed by atoms with Gasteiger partial charge in [0.05, 0.1) is 0 Å². The molecule has 1 saturated carbocycles. The third kappa shape index (κ3) is 2.70. The number of rotatable bonds is 4. The van der Waals surface area contributed by atoms with Gasteiger partial charge in [0.1, 0.15) is 12.1 Å². The number of thiazole rings is 1. The van der Waals surface area contributed by atoms with E-state index >= 15 is 0 Å². The monoisotopic (exact) mass is 284 g/mol. The van der Waals surface area contributed by atoms with E-state index in [1.54, 1.807) is 12.3 Å². The third-order valence-corrected chi connectivity index (χ3v) is 4.40. The van der Waals surface area contributed by atoms with Crippen LogP contribution in [-0.4, -0.2) is 27.1 Å². The molecule has 0 aliphatic heterocycles. The van der Waals surface area contributed by atoms with Crippen LogP contribution >= 0.6 is 11.3 Å². The molecule has 1 amide bonds. The van der Waals surface area contributed by atoms with Crippen LogP contribution in [0.1, 0.15) is 31.4 Å². The number of aliphatic carboxylic acids is 1. The van der Waals surface area contributed by atoms with Crippen LogP contribution in [0.2, 0.25) is 0 Å². The molecule has 0 spiro atoms. The van der Waals surface area contributed by atoms with Crippen molar-refractivity contribution in [1.29, 1.82) is 0 Å². The van der Waals surface area contributed by atoms with Crippen molar-refractivity contribution in [3.63, 3.8) is 0 Å². The summed E-state index contributed by atoms with van der Waals surface area (Å²) in [6.07, 6.45) is 2.49. The largest absolute Gasteiger partial charge is 0.480 e. The molecule has 1 heterocycles. The van der Waals surface area contributed by atoms with Gasteiger partial charge in [-0.2, -0.15) is 0 Å². The predicted molar refractivity (Wildman–Crippen MR) is 70.3 cm³/mol. The molecule has 0 aromatic carbocycles. The maximum Gasteiger partial charge on any atom is 0.329 e. The van der Waals surface area contributed by atoms with Crippen LogP contribution in [0.25, 0.3) is 0 Å². The highest BCUT2D eigenvalue weighted by Gasteiger charge is 2.42. The minimum atomic E-state index is -1.15. The Morgan fingerprint density at radius 2 is 2.11 bits per heavy atom. The van der Waals surface area contributed by atoms with E-state index in [1.165, 1.54) is 4.57 Å². The number of amides is 1. The molecular formula is C12H16N2O4S. The van der Waals surface area contributed by atoms with Crippen molar-refractivity contribution in [1.82, 2.24) is 9.88 Å². The molecule has 2 rings (SSSR count). The molecule has 19 heavy (non-hydrogen) atoms. The first-order valence-corrected chi connectivity index (χ1v) is 7.02. The first-order valence-electron chi connectivity index (χ1n) is 6.14. The zero-order valence-electron chi connectivity index (χ0n) is 10.6. The van der Waals surface area contributed by atoms with E-state index in [0.29, 0.717) is 18.5 Å². The van der Waals surface area contributed by atoms with Gasteiger partial charge in [0.25, 0.3) is 0 Å². The van der Waals surface area contributed by atoms with E-state index in [9.17, 15) is 19.5 Å². The van der Waals surface area contributed by atoms with Gasteiger partial charge in [0.15, 0.2) is 0 Å². The SMILES string of the molecule is Cc1csc(=O)n1CC(=O)NC1(C(=O)O)CCCC1. The second-order valence-corrected chi connectivity index (χ2v) is 5.69. The number of carbonyl (C=O) groups excluding carboxylic acids is 1. The minimum Gasteiger partial charge on any atom is -0.480 e. The Hall–Kier alpha value is -1.63. The van der Waals surface area contributed by atoms with Crippen LogP contribution in [-0.2, 0) is 16.1 Å². The molecule has 0 saturated heterocycles. The molecule has 0 atom stereocenters. The fourth-order valence-electron chi connectivity index (χ4n) is 2.42. The second-order valence-electron chi connectivity index (χ2n) is 4.87. The van der Waals surface area contributed by atoms with Crippen molar-refractivity contribution in [2.75, 3.05) is 0 Å². The first kappa shape index (κ1) is 13.8. The Bertz CT molecular complexity index is 554. The highest BCUT2D eigenvalue weighted by Crippen LogP contribution is 2.29. The number of hydrogen-bond donors (Lipinski definition) is 2. The summed E-state index contributed by atoms with van der Waals surface area (Å²) in [5.74, 6) is -1.42. The highest BCUT2D eigenvalue weighted by molar-refractivity contribution is 7.07.